The Hall–Kier alpha value is -4.71. The Kier molecular flexibility index (Phi) is 9.67. The average Bonchev–Trinajstić information content (AvgIpc) is 3.40. The Morgan fingerprint density at radius 3 is 2.28 bits per heavy atom. The number of primary amides is 1. The summed E-state index contributed by atoms with van der Waals surface area (Å²) in [5.74, 6) is 0.309. The Bertz CT molecular complexity index is 1550. The lowest BCUT2D eigenvalue weighted by atomic mass is 9.75. The Labute approximate surface area is 252 Å². The summed E-state index contributed by atoms with van der Waals surface area (Å²) in [5.41, 5.74) is 10.2. The van der Waals surface area contributed by atoms with Crippen LogP contribution in [-0.2, 0) is 17.6 Å². The molecule has 4 aromatic carbocycles. The van der Waals surface area contributed by atoms with E-state index in [0.29, 0.717) is 18.8 Å². The van der Waals surface area contributed by atoms with Crippen LogP contribution in [0.15, 0.2) is 120 Å². The summed E-state index contributed by atoms with van der Waals surface area (Å²) in [6.45, 7) is 0.475. The molecule has 0 bridgehead atoms. The first kappa shape index (κ1) is 29.8. The number of allylic oxidation sites excluding steroid dienone is 1. The van der Waals surface area contributed by atoms with Gasteiger partial charge >= 0.3 is 0 Å². The molecule has 5 rings (SSSR count). The van der Waals surface area contributed by atoms with E-state index in [9.17, 15) is 9.18 Å². The molecule has 1 atom stereocenters. The molecule has 0 aromatic heterocycles. The number of hydrogen-bond acceptors (Lipinski definition) is 4. The molecule has 1 aliphatic heterocycles. The summed E-state index contributed by atoms with van der Waals surface area (Å²) >= 11 is 0. The Balaban J connectivity index is 1.39. The van der Waals surface area contributed by atoms with Crippen LogP contribution in [0.25, 0.3) is 0 Å². The van der Waals surface area contributed by atoms with E-state index in [1.54, 1.807) is 12.1 Å². The number of halogens is 1. The molecule has 1 unspecified atom stereocenters. The molecular weight excluding hydrogens is 539 g/mol. The molecule has 1 amide bonds. The van der Waals surface area contributed by atoms with Crippen LogP contribution in [-0.4, -0.2) is 31.4 Å². The molecule has 0 saturated carbocycles. The van der Waals surface area contributed by atoms with Crippen molar-refractivity contribution in [1.82, 2.24) is 0 Å². The molecular formula is C37H37FN2O3. The normalized spacial score (nSPS) is 15.8. The standard InChI is InChI=1S/C37H37FN2O3/c1-42-35-17-16-28(23-34(35)38)26-37(19-9-21-43-32-15-8-10-27(22-32)24-36(39)41)31(18-20-40-37)25-33(29-11-4-2-5-12-29)30-13-6-3-7-14-30/h2-8,10-18,20,22-23,33H,9,19,21,24-26H2,1H3,(H2,39,41). The second kappa shape index (κ2) is 14.0. The van der Waals surface area contributed by atoms with Gasteiger partial charge in [0.15, 0.2) is 11.6 Å². The molecule has 0 spiro atoms. The molecule has 6 heteroatoms. The van der Waals surface area contributed by atoms with Crippen LogP contribution in [0.3, 0.4) is 0 Å². The van der Waals surface area contributed by atoms with Gasteiger partial charge in [0.25, 0.3) is 0 Å². The summed E-state index contributed by atoms with van der Waals surface area (Å²) in [7, 11) is 1.47. The zero-order valence-corrected chi connectivity index (χ0v) is 24.4. The number of carbonyl (C=O) groups is 1. The predicted octanol–water partition coefficient (Wildman–Crippen LogP) is 7.24. The van der Waals surface area contributed by atoms with Gasteiger partial charge in [-0.15, -0.1) is 0 Å². The smallest absolute Gasteiger partial charge is 0.221 e. The lowest BCUT2D eigenvalue weighted by Crippen LogP contribution is -2.32. The molecule has 2 N–H and O–H groups in total. The molecule has 43 heavy (non-hydrogen) atoms. The van der Waals surface area contributed by atoms with Gasteiger partial charge in [0, 0.05) is 18.6 Å². The SMILES string of the molecule is COc1ccc(CC2(CCCOc3cccc(CC(N)=O)c3)N=CC=C2CC(c2ccccc2)c2ccccc2)cc1F. The third-order valence-corrected chi connectivity index (χ3v) is 8.02. The van der Waals surface area contributed by atoms with Crippen LogP contribution in [0.1, 0.15) is 47.4 Å². The van der Waals surface area contributed by atoms with Gasteiger partial charge in [-0.3, -0.25) is 9.79 Å². The molecule has 220 valence electrons. The van der Waals surface area contributed by atoms with E-state index in [0.717, 1.165) is 30.4 Å². The highest BCUT2D eigenvalue weighted by molar-refractivity contribution is 5.78. The summed E-state index contributed by atoms with van der Waals surface area (Å²) in [6, 6.07) is 33.7. The molecule has 0 saturated heterocycles. The molecule has 4 aromatic rings. The quantitative estimate of drug-likeness (QED) is 0.161. The molecule has 0 radical (unpaired) electrons. The van der Waals surface area contributed by atoms with Gasteiger partial charge in [-0.2, -0.15) is 0 Å². The highest BCUT2D eigenvalue weighted by Gasteiger charge is 2.37. The topological polar surface area (TPSA) is 73.9 Å². The van der Waals surface area contributed by atoms with E-state index in [2.05, 4.69) is 54.6 Å². The van der Waals surface area contributed by atoms with Gasteiger partial charge in [0.2, 0.25) is 5.91 Å². The van der Waals surface area contributed by atoms with E-state index < -0.39 is 5.54 Å². The third-order valence-electron chi connectivity index (χ3n) is 8.02. The molecule has 1 aliphatic rings. The van der Waals surface area contributed by atoms with Gasteiger partial charge in [-0.25, -0.2) is 4.39 Å². The number of methoxy groups -OCH3 is 1. The summed E-state index contributed by atoms with van der Waals surface area (Å²) in [6.07, 6.45) is 6.99. The number of benzene rings is 4. The summed E-state index contributed by atoms with van der Waals surface area (Å²) < 4.78 is 26.0. The number of carbonyl (C=O) groups excluding carboxylic acids is 1. The minimum atomic E-state index is -0.542. The maximum absolute atomic E-state index is 14.8. The maximum atomic E-state index is 14.8. The Morgan fingerprint density at radius 1 is 0.907 bits per heavy atom. The zero-order chi connectivity index (χ0) is 30.1. The highest BCUT2D eigenvalue weighted by Crippen LogP contribution is 2.42. The number of amides is 1. The number of aliphatic imine (C=N–C) groups is 1. The second-order valence-electron chi connectivity index (χ2n) is 11.0. The van der Waals surface area contributed by atoms with Gasteiger partial charge in [-0.1, -0.05) is 78.9 Å². The van der Waals surface area contributed by atoms with Gasteiger partial charge in [0.05, 0.1) is 25.7 Å². The summed E-state index contributed by atoms with van der Waals surface area (Å²) in [5, 5.41) is 0. The number of ether oxygens (including phenoxy) is 2. The van der Waals surface area contributed by atoms with Crippen LogP contribution in [0, 0.1) is 5.82 Å². The number of nitrogens with two attached hydrogens (primary N) is 1. The van der Waals surface area contributed by atoms with Crippen molar-refractivity contribution in [3.8, 4) is 11.5 Å². The maximum Gasteiger partial charge on any atom is 0.221 e. The first-order chi connectivity index (χ1) is 21.0. The monoisotopic (exact) mass is 576 g/mol. The van der Waals surface area contributed by atoms with Crippen LogP contribution in [0.5, 0.6) is 11.5 Å². The van der Waals surface area contributed by atoms with Gasteiger partial charge in [0.1, 0.15) is 5.75 Å². The minimum absolute atomic E-state index is 0.145. The van der Waals surface area contributed by atoms with Crippen molar-refractivity contribution in [3.63, 3.8) is 0 Å². The van der Waals surface area contributed by atoms with Crippen molar-refractivity contribution in [2.45, 2.75) is 43.6 Å². The largest absolute Gasteiger partial charge is 0.494 e. The molecule has 0 fully saturated rings. The Morgan fingerprint density at radius 2 is 1.63 bits per heavy atom. The predicted molar refractivity (Wildman–Crippen MR) is 169 cm³/mol. The molecule has 0 aliphatic carbocycles. The van der Waals surface area contributed by atoms with Crippen molar-refractivity contribution < 1.29 is 18.7 Å². The highest BCUT2D eigenvalue weighted by atomic mass is 19.1. The van der Waals surface area contributed by atoms with E-state index in [-0.39, 0.29) is 29.8 Å². The second-order valence-corrected chi connectivity index (χ2v) is 11.0. The minimum Gasteiger partial charge on any atom is -0.494 e. The summed E-state index contributed by atoms with van der Waals surface area (Å²) in [4.78, 5) is 16.4. The lowest BCUT2D eigenvalue weighted by molar-refractivity contribution is -0.117. The first-order valence-corrected chi connectivity index (χ1v) is 14.6. The lowest BCUT2D eigenvalue weighted by Gasteiger charge is -2.33. The van der Waals surface area contributed by atoms with E-state index in [4.69, 9.17) is 20.2 Å². The van der Waals surface area contributed by atoms with E-state index in [1.807, 2.05) is 48.7 Å². The number of nitrogens with zero attached hydrogens (tertiary/aromatic N) is 1. The van der Waals surface area contributed by atoms with E-state index >= 15 is 0 Å². The number of hydrogen-bond donors (Lipinski definition) is 1. The van der Waals surface area contributed by atoms with Crippen molar-refractivity contribution in [2.24, 2.45) is 10.7 Å². The van der Waals surface area contributed by atoms with E-state index in [1.165, 1.54) is 23.8 Å². The van der Waals surface area contributed by atoms with Crippen molar-refractivity contribution in [2.75, 3.05) is 13.7 Å². The fourth-order valence-electron chi connectivity index (χ4n) is 5.92. The number of rotatable bonds is 14. The fraction of sp³-hybridized carbons (Fsp3) is 0.243. The molecule has 5 nitrogen and oxygen atoms in total. The fourth-order valence-corrected chi connectivity index (χ4v) is 5.92. The van der Waals surface area contributed by atoms with Crippen molar-refractivity contribution in [1.29, 1.82) is 0 Å². The van der Waals surface area contributed by atoms with Gasteiger partial charge < -0.3 is 15.2 Å². The van der Waals surface area contributed by atoms with Crippen molar-refractivity contribution in [3.05, 3.63) is 143 Å². The van der Waals surface area contributed by atoms with Gasteiger partial charge in [-0.05, 0) is 77.4 Å². The van der Waals surface area contributed by atoms with Crippen molar-refractivity contribution >= 4 is 12.1 Å². The van der Waals surface area contributed by atoms with Crippen LogP contribution in [0.2, 0.25) is 0 Å². The van der Waals surface area contributed by atoms with Crippen LogP contribution < -0.4 is 15.2 Å². The average molecular weight is 577 g/mol. The molecule has 1 heterocycles. The van der Waals surface area contributed by atoms with Crippen LogP contribution in [0.4, 0.5) is 4.39 Å². The van der Waals surface area contributed by atoms with Crippen LogP contribution >= 0.6 is 0 Å². The third kappa shape index (κ3) is 7.58. The first-order valence-electron chi connectivity index (χ1n) is 14.6. The zero-order valence-electron chi connectivity index (χ0n) is 24.4.